The molecule has 0 radical (unpaired) electrons. The zero-order chi connectivity index (χ0) is 13.9. The van der Waals surface area contributed by atoms with Gasteiger partial charge in [-0.2, -0.15) is 0 Å². The zero-order valence-corrected chi connectivity index (χ0v) is 12.8. The molecule has 1 saturated heterocycles. The first-order valence-corrected chi connectivity index (χ1v) is 7.51. The van der Waals surface area contributed by atoms with Crippen LogP contribution in [0.15, 0.2) is 18.2 Å². The molecule has 0 amide bonds. The molecule has 0 saturated carbocycles. The van der Waals surface area contributed by atoms with Gasteiger partial charge in [-0.25, -0.2) is 0 Å². The smallest absolute Gasteiger partial charge is 0.00915 e. The molecule has 106 valence electrons. The monoisotopic (exact) mass is 260 g/mol. The molecular formula is C17H28N2. The molecule has 1 aromatic carbocycles. The highest BCUT2D eigenvalue weighted by Crippen LogP contribution is 2.27. The number of benzene rings is 1. The topological polar surface area (TPSA) is 24.1 Å². The van der Waals surface area contributed by atoms with Crippen LogP contribution in [0.3, 0.4) is 0 Å². The van der Waals surface area contributed by atoms with E-state index < -0.39 is 0 Å². The van der Waals surface area contributed by atoms with Gasteiger partial charge >= 0.3 is 0 Å². The Kier molecular flexibility index (Phi) is 4.64. The Morgan fingerprint density at radius 1 is 1.21 bits per heavy atom. The average Bonchev–Trinajstić information content (AvgIpc) is 2.40. The fraction of sp³-hybridized carbons (Fsp3) is 0.647. The lowest BCUT2D eigenvalue weighted by atomic mass is 9.81. The molecule has 2 heteroatoms. The van der Waals surface area contributed by atoms with Crippen LogP contribution in [0.5, 0.6) is 0 Å². The lowest BCUT2D eigenvalue weighted by molar-refractivity contribution is 0.351. The van der Waals surface area contributed by atoms with Crippen LogP contribution >= 0.6 is 0 Å². The molecule has 0 spiro atoms. The normalized spacial score (nSPS) is 17.7. The van der Waals surface area contributed by atoms with Crippen molar-refractivity contribution < 1.29 is 0 Å². The van der Waals surface area contributed by atoms with Gasteiger partial charge in [-0.1, -0.05) is 37.6 Å². The van der Waals surface area contributed by atoms with Crippen LogP contribution in [0.4, 0.5) is 0 Å². The molecule has 0 bridgehead atoms. The Bertz CT molecular complexity index is 417. The predicted octanol–water partition coefficient (Wildman–Crippen LogP) is 2.92. The Morgan fingerprint density at radius 3 is 2.58 bits per heavy atom. The van der Waals surface area contributed by atoms with Crippen LogP contribution in [0.25, 0.3) is 0 Å². The van der Waals surface area contributed by atoms with Crippen molar-refractivity contribution in [1.29, 1.82) is 0 Å². The summed E-state index contributed by atoms with van der Waals surface area (Å²) in [6.45, 7) is 12.5. The van der Waals surface area contributed by atoms with Crippen LogP contribution in [0.1, 0.15) is 43.4 Å². The van der Waals surface area contributed by atoms with Crippen LogP contribution < -0.4 is 10.6 Å². The highest BCUT2D eigenvalue weighted by molar-refractivity contribution is 5.36. The molecule has 1 heterocycles. The molecule has 0 aromatic heterocycles. The van der Waals surface area contributed by atoms with E-state index >= 15 is 0 Å². The Morgan fingerprint density at radius 2 is 1.89 bits per heavy atom. The summed E-state index contributed by atoms with van der Waals surface area (Å²) in [5.74, 6) is 0. The van der Waals surface area contributed by atoms with E-state index in [1.807, 2.05) is 0 Å². The summed E-state index contributed by atoms with van der Waals surface area (Å²) in [6, 6.07) is 7.48. The maximum absolute atomic E-state index is 3.77. The van der Waals surface area contributed by atoms with Crippen LogP contribution in [0.2, 0.25) is 0 Å². The van der Waals surface area contributed by atoms with Gasteiger partial charge in [-0.3, -0.25) is 0 Å². The molecular weight excluding hydrogens is 232 g/mol. The highest BCUT2D eigenvalue weighted by Gasteiger charge is 2.24. The van der Waals surface area contributed by atoms with Gasteiger partial charge in [0, 0.05) is 18.0 Å². The largest absolute Gasteiger partial charge is 0.317 e. The summed E-state index contributed by atoms with van der Waals surface area (Å²) in [6.07, 6.45) is 2.51. The van der Waals surface area contributed by atoms with E-state index in [1.54, 1.807) is 0 Å². The summed E-state index contributed by atoms with van der Waals surface area (Å²) in [7, 11) is 0. The Labute approximate surface area is 118 Å². The molecule has 0 aliphatic carbocycles. The summed E-state index contributed by atoms with van der Waals surface area (Å²) in [5, 5.41) is 7.19. The first-order valence-electron chi connectivity index (χ1n) is 7.51. The van der Waals surface area contributed by atoms with Crippen LogP contribution in [0, 0.1) is 13.8 Å². The molecule has 1 aliphatic rings. The number of hydrogen-bond donors (Lipinski definition) is 2. The van der Waals surface area contributed by atoms with E-state index in [1.165, 1.54) is 29.5 Å². The summed E-state index contributed by atoms with van der Waals surface area (Å²) >= 11 is 0. The summed E-state index contributed by atoms with van der Waals surface area (Å²) in [4.78, 5) is 0. The van der Waals surface area contributed by atoms with Crippen molar-refractivity contribution in [3.05, 3.63) is 34.9 Å². The number of aryl methyl sites for hydroxylation is 2. The van der Waals surface area contributed by atoms with E-state index in [-0.39, 0.29) is 5.41 Å². The van der Waals surface area contributed by atoms with Crippen molar-refractivity contribution in [3.8, 4) is 0 Å². The molecule has 1 fully saturated rings. The molecule has 2 rings (SSSR count). The molecule has 19 heavy (non-hydrogen) atoms. The van der Waals surface area contributed by atoms with Crippen LogP contribution in [-0.2, 0) is 5.41 Å². The minimum Gasteiger partial charge on any atom is -0.317 e. The van der Waals surface area contributed by atoms with E-state index in [0.717, 1.165) is 19.6 Å². The quantitative estimate of drug-likeness (QED) is 0.870. The standard InChI is InChI=1S/C17H28N2/c1-13-5-6-14(2)16(11-13)17(3,4)12-19-15-7-9-18-10-8-15/h5-6,11,15,18-19H,7-10,12H2,1-4H3. The van der Waals surface area contributed by atoms with Gasteiger partial charge in [0.15, 0.2) is 0 Å². The van der Waals surface area contributed by atoms with Crippen LogP contribution in [-0.4, -0.2) is 25.7 Å². The van der Waals surface area contributed by atoms with Gasteiger partial charge in [-0.15, -0.1) is 0 Å². The maximum atomic E-state index is 3.77. The second kappa shape index (κ2) is 6.06. The molecule has 2 nitrogen and oxygen atoms in total. The third-order valence-electron chi connectivity index (χ3n) is 4.29. The van der Waals surface area contributed by atoms with Crippen molar-refractivity contribution in [2.75, 3.05) is 19.6 Å². The first-order chi connectivity index (χ1) is 8.99. The second-order valence-electron chi connectivity index (χ2n) is 6.61. The highest BCUT2D eigenvalue weighted by atomic mass is 15.0. The molecule has 1 aliphatic heterocycles. The van der Waals surface area contributed by atoms with E-state index in [4.69, 9.17) is 0 Å². The fourth-order valence-electron chi connectivity index (χ4n) is 2.99. The van der Waals surface area contributed by atoms with Gasteiger partial charge in [-0.05, 0) is 50.9 Å². The number of rotatable bonds is 4. The number of nitrogens with one attached hydrogen (secondary N) is 2. The number of hydrogen-bond acceptors (Lipinski definition) is 2. The lowest BCUT2D eigenvalue weighted by Crippen LogP contribution is -2.44. The van der Waals surface area contributed by atoms with E-state index in [0.29, 0.717) is 6.04 Å². The average molecular weight is 260 g/mol. The van der Waals surface area contributed by atoms with Gasteiger partial charge < -0.3 is 10.6 Å². The van der Waals surface area contributed by atoms with Gasteiger partial charge in [0.2, 0.25) is 0 Å². The molecule has 1 aromatic rings. The van der Waals surface area contributed by atoms with Crippen molar-refractivity contribution in [2.24, 2.45) is 0 Å². The van der Waals surface area contributed by atoms with E-state index in [2.05, 4.69) is 56.5 Å². The number of piperidine rings is 1. The van der Waals surface area contributed by atoms with Crippen molar-refractivity contribution >= 4 is 0 Å². The Balaban J connectivity index is 2.02. The molecule has 0 unspecified atom stereocenters. The van der Waals surface area contributed by atoms with Gasteiger partial charge in [0.05, 0.1) is 0 Å². The fourth-order valence-corrected chi connectivity index (χ4v) is 2.99. The summed E-state index contributed by atoms with van der Waals surface area (Å²) < 4.78 is 0. The Hall–Kier alpha value is -0.860. The third-order valence-corrected chi connectivity index (χ3v) is 4.29. The SMILES string of the molecule is Cc1ccc(C)c(C(C)(C)CNC2CCNCC2)c1. The predicted molar refractivity (Wildman–Crippen MR) is 82.8 cm³/mol. The van der Waals surface area contributed by atoms with E-state index in [9.17, 15) is 0 Å². The van der Waals surface area contributed by atoms with Crippen molar-refractivity contribution in [2.45, 2.75) is 52.0 Å². The maximum Gasteiger partial charge on any atom is 0.00915 e. The van der Waals surface area contributed by atoms with Gasteiger partial charge in [0.1, 0.15) is 0 Å². The van der Waals surface area contributed by atoms with Crippen molar-refractivity contribution in [1.82, 2.24) is 10.6 Å². The van der Waals surface area contributed by atoms with Gasteiger partial charge in [0.25, 0.3) is 0 Å². The summed E-state index contributed by atoms with van der Waals surface area (Å²) in [5.41, 5.74) is 4.44. The molecule has 0 atom stereocenters. The zero-order valence-electron chi connectivity index (χ0n) is 12.8. The van der Waals surface area contributed by atoms with Crippen molar-refractivity contribution in [3.63, 3.8) is 0 Å². The third kappa shape index (κ3) is 3.80. The first kappa shape index (κ1) is 14.5. The molecule has 2 N–H and O–H groups in total. The lowest BCUT2D eigenvalue weighted by Gasteiger charge is -2.32. The minimum absolute atomic E-state index is 0.195. The second-order valence-corrected chi connectivity index (χ2v) is 6.61. The minimum atomic E-state index is 0.195.